The molecule has 3 rings (SSSR count). The number of likely N-dealkylation sites (N-methyl/N-ethyl adjacent to an activating group) is 1. The van der Waals surface area contributed by atoms with Gasteiger partial charge < -0.3 is 9.64 Å². The Morgan fingerprint density at radius 2 is 1.57 bits per heavy atom. The third-order valence-corrected chi connectivity index (χ3v) is 4.91. The Kier molecular flexibility index (Phi) is 6.91. The topological polar surface area (TPSA) is 63.6 Å². The molecular weight excluding hydrogens is 378 g/mol. The molecule has 156 valence electrons. The van der Waals surface area contributed by atoms with Crippen LogP contribution in [0.2, 0.25) is 0 Å². The Morgan fingerprint density at radius 1 is 0.933 bits per heavy atom. The molecular formula is C24H27N3O3. The summed E-state index contributed by atoms with van der Waals surface area (Å²) in [6.07, 6.45) is 0. The lowest BCUT2D eigenvalue weighted by atomic mass is 10.2. The van der Waals surface area contributed by atoms with Gasteiger partial charge in [-0.05, 0) is 62.7 Å². The van der Waals surface area contributed by atoms with E-state index in [-0.39, 0.29) is 18.4 Å². The van der Waals surface area contributed by atoms with Crippen LogP contribution < -0.4 is 10.2 Å². The minimum atomic E-state index is -0.208. The average Bonchev–Trinajstić information content (AvgIpc) is 3.08. The Bertz CT molecular complexity index is 975. The highest BCUT2D eigenvalue weighted by Crippen LogP contribution is 2.14. The fourth-order valence-corrected chi connectivity index (χ4v) is 3.13. The Hall–Kier alpha value is -3.54. The third kappa shape index (κ3) is 5.29. The van der Waals surface area contributed by atoms with Gasteiger partial charge in [-0.2, -0.15) is 0 Å². The van der Waals surface area contributed by atoms with Gasteiger partial charge in [-0.25, -0.2) is 0 Å². The molecule has 0 atom stereocenters. The number of hydrogen-bond acceptors (Lipinski definition) is 3. The highest BCUT2D eigenvalue weighted by atomic mass is 16.5. The molecule has 0 bridgehead atoms. The number of hydrogen-bond donors (Lipinski definition) is 1. The number of carbonyl (C=O) groups is 2. The first kappa shape index (κ1) is 21.2. The van der Waals surface area contributed by atoms with E-state index in [2.05, 4.69) is 5.43 Å². The molecule has 30 heavy (non-hydrogen) atoms. The van der Waals surface area contributed by atoms with Crippen LogP contribution in [0.5, 0.6) is 5.75 Å². The first-order valence-corrected chi connectivity index (χ1v) is 9.98. The molecule has 0 saturated heterocycles. The summed E-state index contributed by atoms with van der Waals surface area (Å²) in [5.41, 5.74) is 6.37. The summed E-state index contributed by atoms with van der Waals surface area (Å²) in [4.78, 5) is 26.7. The third-order valence-electron chi connectivity index (χ3n) is 4.91. The molecule has 0 saturated carbocycles. The van der Waals surface area contributed by atoms with E-state index < -0.39 is 0 Å². The van der Waals surface area contributed by atoms with Crippen LogP contribution >= 0.6 is 0 Å². The highest BCUT2D eigenvalue weighted by molar-refractivity contribution is 6.00. The molecule has 0 fully saturated rings. The van der Waals surface area contributed by atoms with Crippen molar-refractivity contribution in [2.75, 3.05) is 18.6 Å². The number of rotatable bonds is 8. The molecule has 0 radical (unpaired) electrons. The van der Waals surface area contributed by atoms with Gasteiger partial charge in [0, 0.05) is 30.0 Å². The standard InChI is InChI=1S/C24H27N3O3/c1-4-26(16-20-8-6-5-7-9-20)23(28)17-30-22-14-12-21(13-15-22)24(29)25-27-18(2)10-11-19(27)3/h5-15H,4,16-17H2,1-3H3,(H,25,29). The van der Waals surface area contributed by atoms with Crippen LogP contribution in [0.1, 0.15) is 34.2 Å². The van der Waals surface area contributed by atoms with Gasteiger partial charge >= 0.3 is 0 Å². The molecule has 6 nitrogen and oxygen atoms in total. The van der Waals surface area contributed by atoms with Gasteiger partial charge in [-0.3, -0.25) is 19.7 Å². The van der Waals surface area contributed by atoms with Crippen molar-refractivity contribution in [3.63, 3.8) is 0 Å². The van der Waals surface area contributed by atoms with Gasteiger partial charge in [0.25, 0.3) is 11.8 Å². The monoisotopic (exact) mass is 405 g/mol. The molecule has 1 heterocycles. The van der Waals surface area contributed by atoms with Gasteiger partial charge in [-0.1, -0.05) is 30.3 Å². The van der Waals surface area contributed by atoms with Crippen molar-refractivity contribution in [1.29, 1.82) is 0 Å². The first-order valence-electron chi connectivity index (χ1n) is 9.98. The maximum Gasteiger partial charge on any atom is 0.270 e. The number of aromatic nitrogens is 1. The second-order valence-electron chi connectivity index (χ2n) is 7.10. The van der Waals surface area contributed by atoms with E-state index >= 15 is 0 Å². The fourth-order valence-electron chi connectivity index (χ4n) is 3.13. The number of benzene rings is 2. The van der Waals surface area contributed by atoms with Crippen LogP contribution in [-0.2, 0) is 11.3 Å². The summed E-state index contributed by atoms with van der Waals surface area (Å²) in [7, 11) is 0. The zero-order valence-electron chi connectivity index (χ0n) is 17.6. The molecule has 2 amide bonds. The van der Waals surface area contributed by atoms with Gasteiger partial charge in [0.05, 0.1) is 0 Å². The number of ether oxygens (including phenoxy) is 1. The lowest BCUT2D eigenvalue weighted by Gasteiger charge is -2.21. The van der Waals surface area contributed by atoms with E-state index in [9.17, 15) is 9.59 Å². The van der Waals surface area contributed by atoms with E-state index in [1.165, 1.54) is 0 Å². The van der Waals surface area contributed by atoms with Gasteiger partial charge in [0.2, 0.25) is 0 Å². The van der Waals surface area contributed by atoms with Crippen molar-refractivity contribution < 1.29 is 14.3 Å². The lowest BCUT2D eigenvalue weighted by Crippen LogP contribution is -2.34. The highest BCUT2D eigenvalue weighted by Gasteiger charge is 2.14. The maximum absolute atomic E-state index is 12.5. The Labute approximate surface area is 177 Å². The summed E-state index contributed by atoms with van der Waals surface area (Å²) in [5, 5.41) is 0. The molecule has 0 aliphatic heterocycles. The van der Waals surface area contributed by atoms with E-state index in [1.807, 2.05) is 63.2 Å². The predicted molar refractivity (Wildman–Crippen MR) is 117 cm³/mol. The smallest absolute Gasteiger partial charge is 0.270 e. The summed E-state index contributed by atoms with van der Waals surface area (Å²) in [6, 6.07) is 20.5. The second-order valence-corrected chi connectivity index (χ2v) is 7.10. The molecule has 2 aromatic carbocycles. The normalized spacial score (nSPS) is 10.5. The Morgan fingerprint density at radius 3 is 2.17 bits per heavy atom. The zero-order valence-corrected chi connectivity index (χ0v) is 17.6. The van der Waals surface area contributed by atoms with Crippen molar-refractivity contribution in [3.05, 3.63) is 89.2 Å². The van der Waals surface area contributed by atoms with Gasteiger partial charge in [0.15, 0.2) is 6.61 Å². The van der Waals surface area contributed by atoms with Crippen molar-refractivity contribution >= 4 is 11.8 Å². The minimum absolute atomic E-state index is 0.0476. The first-order chi connectivity index (χ1) is 14.5. The minimum Gasteiger partial charge on any atom is -0.484 e. The SMILES string of the molecule is CCN(Cc1ccccc1)C(=O)COc1ccc(C(=O)Nn2c(C)ccc2C)cc1. The van der Waals surface area contributed by atoms with Crippen LogP contribution in [0.25, 0.3) is 0 Å². The van der Waals surface area contributed by atoms with E-state index in [0.29, 0.717) is 24.4 Å². The number of carbonyl (C=O) groups excluding carboxylic acids is 2. The van der Waals surface area contributed by atoms with Gasteiger partial charge in [0.1, 0.15) is 5.75 Å². The zero-order chi connectivity index (χ0) is 21.5. The van der Waals surface area contributed by atoms with Crippen LogP contribution in [0.3, 0.4) is 0 Å². The van der Waals surface area contributed by atoms with Crippen LogP contribution in [0.4, 0.5) is 0 Å². The molecule has 1 aromatic heterocycles. The van der Waals surface area contributed by atoms with Crippen LogP contribution in [0, 0.1) is 13.8 Å². The molecule has 0 aliphatic rings. The summed E-state index contributed by atoms with van der Waals surface area (Å²) < 4.78 is 7.39. The van der Waals surface area contributed by atoms with E-state index in [0.717, 1.165) is 17.0 Å². The summed E-state index contributed by atoms with van der Waals surface area (Å²) >= 11 is 0. The van der Waals surface area contributed by atoms with Crippen LogP contribution in [0.15, 0.2) is 66.7 Å². The number of amides is 2. The molecule has 6 heteroatoms. The van der Waals surface area contributed by atoms with Gasteiger partial charge in [-0.15, -0.1) is 0 Å². The van der Waals surface area contributed by atoms with Crippen molar-refractivity contribution in [1.82, 2.24) is 9.58 Å². The number of aryl methyl sites for hydroxylation is 2. The number of nitrogens with zero attached hydrogens (tertiary/aromatic N) is 2. The van der Waals surface area contributed by atoms with Crippen LogP contribution in [-0.4, -0.2) is 34.5 Å². The van der Waals surface area contributed by atoms with Crippen molar-refractivity contribution in [3.8, 4) is 5.75 Å². The maximum atomic E-state index is 12.5. The molecule has 3 aromatic rings. The molecule has 1 N–H and O–H groups in total. The molecule has 0 aliphatic carbocycles. The average molecular weight is 405 g/mol. The lowest BCUT2D eigenvalue weighted by molar-refractivity contribution is -0.133. The van der Waals surface area contributed by atoms with Crippen molar-refractivity contribution in [2.24, 2.45) is 0 Å². The summed E-state index contributed by atoms with van der Waals surface area (Å²) in [5.74, 6) is 0.255. The Balaban J connectivity index is 1.54. The fraction of sp³-hybridized carbons (Fsp3) is 0.250. The summed E-state index contributed by atoms with van der Waals surface area (Å²) in [6.45, 7) is 6.92. The number of nitrogens with one attached hydrogen (secondary N) is 1. The molecule has 0 unspecified atom stereocenters. The van der Waals surface area contributed by atoms with E-state index in [1.54, 1.807) is 33.8 Å². The largest absolute Gasteiger partial charge is 0.484 e. The predicted octanol–water partition coefficient (Wildman–Crippen LogP) is 3.92. The van der Waals surface area contributed by atoms with Crippen molar-refractivity contribution in [2.45, 2.75) is 27.3 Å². The van der Waals surface area contributed by atoms with E-state index in [4.69, 9.17) is 4.74 Å². The quantitative estimate of drug-likeness (QED) is 0.618. The second kappa shape index (κ2) is 9.78. The molecule has 0 spiro atoms.